The predicted octanol–water partition coefficient (Wildman–Crippen LogP) is 0.790. The number of hydrogen-bond donors (Lipinski definition) is 3. The normalized spacial score (nSPS) is 8.84. The van der Waals surface area contributed by atoms with E-state index in [1.807, 2.05) is 6.07 Å². The quantitative estimate of drug-likeness (QED) is 0.643. The molecule has 0 saturated carbocycles. The van der Waals surface area contributed by atoms with Gasteiger partial charge in [-0.15, -0.1) is 0 Å². The van der Waals surface area contributed by atoms with Crippen molar-refractivity contribution in [2.75, 3.05) is 24.3 Å². The van der Waals surface area contributed by atoms with Gasteiger partial charge < -0.3 is 21.9 Å². The first kappa shape index (κ1) is 14.1. The number of anilines is 3. The molecule has 2 aromatic rings. The van der Waals surface area contributed by atoms with Crippen molar-refractivity contribution in [1.29, 1.82) is 5.26 Å². The van der Waals surface area contributed by atoms with Gasteiger partial charge in [0.05, 0.1) is 24.4 Å². The lowest BCUT2D eigenvalue weighted by Gasteiger charge is -2.02. The molecule has 1 aromatic carbocycles. The van der Waals surface area contributed by atoms with E-state index in [0.29, 0.717) is 22.8 Å². The molecule has 0 radical (unpaired) electrons. The Bertz CT molecular complexity index is 576. The standard InChI is InChI=1S/C8H8N2O.C4H6N4/c1-11-8-4-6(5-9)2-3-7(8)10;5-3-1-2-7-4(6)8-3/h2-4H,10H2,1H3;1-2H,(H4,5,6,7,8). The average Bonchev–Trinajstić information content (AvgIpc) is 2.40. The van der Waals surface area contributed by atoms with Crippen molar-refractivity contribution in [3.8, 4) is 11.8 Å². The number of methoxy groups -OCH3 is 1. The summed E-state index contributed by atoms with van der Waals surface area (Å²) >= 11 is 0. The Hall–Kier alpha value is -3.01. The largest absolute Gasteiger partial charge is 0.495 e. The van der Waals surface area contributed by atoms with Crippen LogP contribution in [0.15, 0.2) is 30.5 Å². The molecule has 0 atom stereocenters. The van der Waals surface area contributed by atoms with Crippen LogP contribution in [-0.2, 0) is 0 Å². The molecular weight excluding hydrogens is 244 g/mol. The van der Waals surface area contributed by atoms with Crippen molar-refractivity contribution < 1.29 is 4.74 Å². The summed E-state index contributed by atoms with van der Waals surface area (Å²) in [7, 11) is 1.52. The zero-order valence-corrected chi connectivity index (χ0v) is 10.4. The number of hydrogen-bond acceptors (Lipinski definition) is 7. The Balaban J connectivity index is 0.000000200. The number of nitriles is 1. The molecule has 98 valence electrons. The number of nitrogens with two attached hydrogens (primary N) is 3. The summed E-state index contributed by atoms with van der Waals surface area (Å²) in [5.74, 6) is 1.16. The molecule has 2 rings (SSSR count). The maximum Gasteiger partial charge on any atom is 0.221 e. The number of nitrogens with zero attached hydrogens (tertiary/aromatic N) is 3. The number of rotatable bonds is 1. The molecule has 0 bridgehead atoms. The molecule has 0 aliphatic carbocycles. The van der Waals surface area contributed by atoms with Crippen LogP contribution in [0.1, 0.15) is 5.56 Å². The first-order valence-corrected chi connectivity index (χ1v) is 5.24. The van der Waals surface area contributed by atoms with E-state index >= 15 is 0 Å². The highest BCUT2D eigenvalue weighted by Gasteiger charge is 1.98. The molecule has 7 nitrogen and oxygen atoms in total. The van der Waals surface area contributed by atoms with Gasteiger partial charge in [0, 0.05) is 12.3 Å². The lowest BCUT2D eigenvalue weighted by Crippen LogP contribution is -1.96. The predicted molar refractivity (Wildman–Crippen MR) is 73.0 cm³/mol. The third-order valence-corrected chi connectivity index (χ3v) is 2.06. The summed E-state index contributed by atoms with van der Waals surface area (Å²) in [5, 5.41) is 8.50. The Kier molecular flexibility index (Phi) is 4.93. The van der Waals surface area contributed by atoms with Crippen LogP contribution < -0.4 is 21.9 Å². The van der Waals surface area contributed by atoms with E-state index in [1.165, 1.54) is 13.3 Å². The number of benzene rings is 1. The van der Waals surface area contributed by atoms with Crippen LogP contribution in [0, 0.1) is 11.3 Å². The average molecular weight is 258 g/mol. The van der Waals surface area contributed by atoms with Crippen molar-refractivity contribution in [2.45, 2.75) is 0 Å². The van der Waals surface area contributed by atoms with Crippen LogP contribution in [0.4, 0.5) is 17.5 Å². The molecule has 7 heteroatoms. The Morgan fingerprint density at radius 2 is 1.95 bits per heavy atom. The molecule has 1 aromatic heterocycles. The molecule has 0 aliphatic rings. The fraction of sp³-hybridized carbons (Fsp3) is 0.0833. The molecule has 0 aliphatic heterocycles. The van der Waals surface area contributed by atoms with Crippen molar-refractivity contribution >= 4 is 17.5 Å². The summed E-state index contributed by atoms with van der Waals surface area (Å²) in [6, 6.07) is 8.48. The highest BCUT2D eigenvalue weighted by atomic mass is 16.5. The summed E-state index contributed by atoms with van der Waals surface area (Å²) in [6.45, 7) is 0. The topological polar surface area (TPSA) is 137 Å². The summed E-state index contributed by atoms with van der Waals surface area (Å²) < 4.78 is 4.91. The number of ether oxygens (including phenoxy) is 1. The minimum atomic E-state index is 0.213. The first-order valence-electron chi connectivity index (χ1n) is 5.24. The van der Waals surface area contributed by atoms with Gasteiger partial charge in [-0.25, -0.2) is 4.98 Å². The molecule has 0 saturated heterocycles. The molecule has 0 amide bonds. The van der Waals surface area contributed by atoms with Gasteiger partial charge >= 0.3 is 0 Å². The van der Waals surface area contributed by atoms with Gasteiger partial charge in [-0.2, -0.15) is 10.2 Å². The van der Waals surface area contributed by atoms with Crippen LogP contribution in [0.2, 0.25) is 0 Å². The van der Waals surface area contributed by atoms with Crippen LogP contribution in [-0.4, -0.2) is 17.1 Å². The number of aromatic nitrogens is 2. The van der Waals surface area contributed by atoms with E-state index in [9.17, 15) is 0 Å². The van der Waals surface area contributed by atoms with Crippen molar-refractivity contribution in [3.63, 3.8) is 0 Å². The van der Waals surface area contributed by atoms with Crippen LogP contribution in [0.3, 0.4) is 0 Å². The van der Waals surface area contributed by atoms with E-state index in [4.69, 9.17) is 27.2 Å². The van der Waals surface area contributed by atoms with Crippen LogP contribution >= 0.6 is 0 Å². The maximum absolute atomic E-state index is 8.50. The van der Waals surface area contributed by atoms with Gasteiger partial charge in [0.25, 0.3) is 0 Å². The molecule has 1 heterocycles. The molecular formula is C12H14N6O. The first-order chi connectivity index (χ1) is 9.06. The second kappa shape index (κ2) is 6.66. The highest BCUT2D eigenvalue weighted by molar-refractivity contribution is 5.55. The fourth-order valence-corrected chi connectivity index (χ4v) is 1.17. The van der Waals surface area contributed by atoms with Gasteiger partial charge in [0.15, 0.2) is 0 Å². The summed E-state index contributed by atoms with van der Waals surface area (Å²) in [4.78, 5) is 7.24. The third-order valence-electron chi connectivity index (χ3n) is 2.06. The van der Waals surface area contributed by atoms with Crippen LogP contribution in [0.25, 0.3) is 0 Å². The van der Waals surface area contributed by atoms with Gasteiger partial charge in [-0.1, -0.05) is 0 Å². The Morgan fingerprint density at radius 1 is 1.21 bits per heavy atom. The van der Waals surface area contributed by atoms with Crippen molar-refractivity contribution in [3.05, 3.63) is 36.0 Å². The van der Waals surface area contributed by atoms with E-state index in [1.54, 1.807) is 24.3 Å². The smallest absolute Gasteiger partial charge is 0.221 e. The van der Waals surface area contributed by atoms with E-state index in [-0.39, 0.29) is 5.95 Å². The van der Waals surface area contributed by atoms with Gasteiger partial charge in [0.2, 0.25) is 5.95 Å². The Morgan fingerprint density at radius 3 is 2.42 bits per heavy atom. The minimum absolute atomic E-state index is 0.213. The van der Waals surface area contributed by atoms with Gasteiger partial charge in [0.1, 0.15) is 11.6 Å². The molecule has 0 unspecified atom stereocenters. The molecule has 0 fully saturated rings. The lowest BCUT2D eigenvalue weighted by atomic mass is 10.2. The van der Waals surface area contributed by atoms with Crippen molar-refractivity contribution in [2.24, 2.45) is 0 Å². The summed E-state index contributed by atoms with van der Waals surface area (Å²) in [5.41, 5.74) is 17.0. The SMILES string of the molecule is COc1cc(C#N)ccc1N.Nc1ccnc(N)n1. The second-order valence-electron chi connectivity index (χ2n) is 3.41. The lowest BCUT2D eigenvalue weighted by molar-refractivity contribution is 0.417. The second-order valence-corrected chi connectivity index (χ2v) is 3.41. The van der Waals surface area contributed by atoms with E-state index in [0.717, 1.165) is 0 Å². The molecule has 19 heavy (non-hydrogen) atoms. The van der Waals surface area contributed by atoms with E-state index < -0.39 is 0 Å². The van der Waals surface area contributed by atoms with E-state index in [2.05, 4.69) is 9.97 Å². The molecule has 0 spiro atoms. The van der Waals surface area contributed by atoms with Crippen molar-refractivity contribution in [1.82, 2.24) is 9.97 Å². The fourth-order valence-electron chi connectivity index (χ4n) is 1.17. The zero-order valence-electron chi connectivity index (χ0n) is 10.4. The number of nitrogen functional groups attached to an aromatic ring is 3. The molecule has 6 N–H and O–H groups in total. The van der Waals surface area contributed by atoms with Crippen LogP contribution in [0.5, 0.6) is 5.75 Å². The monoisotopic (exact) mass is 258 g/mol. The van der Waals surface area contributed by atoms with Gasteiger partial charge in [-0.05, 0) is 18.2 Å². The third kappa shape index (κ3) is 4.40. The maximum atomic E-state index is 8.50. The zero-order chi connectivity index (χ0) is 14.3. The van der Waals surface area contributed by atoms with Gasteiger partial charge in [-0.3, -0.25) is 0 Å². The highest BCUT2D eigenvalue weighted by Crippen LogP contribution is 2.21. The Labute approximate surface area is 110 Å². The summed E-state index contributed by atoms with van der Waals surface area (Å²) in [6.07, 6.45) is 1.51. The minimum Gasteiger partial charge on any atom is -0.495 e.